The highest BCUT2D eigenvalue weighted by molar-refractivity contribution is 5.85. The molecule has 0 saturated heterocycles. The van der Waals surface area contributed by atoms with Crippen LogP contribution in [0.2, 0.25) is 0 Å². The van der Waals surface area contributed by atoms with Gasteiger partial charge in [-0.1, -0.05) is 25.5 Å². The van der Waals surface area contributed by atoms with E-state index in [2.05, 4.69) is 53.3 Å². The zero-order valence-electron chi connectivity index (χ0n) is 13.9. The van der Waals surface area contributed by atoms with Gasteiger partial charge in [0.25, 0.3) is 0 Å². The second kappa shape index (κ2) is 7.10. The Morgan fingerprint density at radius 2 is 2.18 bits per heavy atom. The molecule has 2 aromatic rings. The van der Waals surface area contributed by atoms with E-state index in [9.17, 15) is 0 Å². The normalized spacial score (nSPS) is 15.5. The summed E-state index contributed by atoms with van der Waals surface area (Å²) in [5, 5.41) is 8.99. The van der Waals surface area contributed by atoms with Crippen molar-refractivity contribution in [2.75, 3.05) is 13.6 Å². The molecule has 0 saturated carbocycles. The van der Waals surface area contributed by atoms with Crippen molar-refractivity contribution in [1.82, 2.24) is 15.1 Å². The summed E-state index contributed by atoms with van der Waals surface area (Å²) in [6, 6.07) is 6.72. The number of aromatic amines is 1. The fraction of sp³-hybridized carbons (Fsp3) is 0.526. The van der Waals surface area contributed by atoms with Crippen LogP contribution in [0.4, 0.5) is 0 Å². The number of hydrogen-bond acceptors (Lipinski definition) is 2. The third-order valence-corrected chi connectivity index (χ3v) is 4.62. The lowest BCUT2D eigenvalue weighted by Gasteiger charge is -2.15. The van der Waals surface area contributed by atoms with Gasteiger partial charge in [-0.3, -0.25) is 5.10 Å². The highest BCUT2D eigenvalue weighted by Gasteiger charge is 2.11. The van der Waals surface area contributed by atoms with Crippen LogP contribution in [0.25, 0.3) is 16.5 Å². The maximum Gasteiger partial charge on any atom is 0.0924 e. The molecule has 118 valence electrons. The summed E-state index contributed by atoms with van der Waals surface area (Å²) in [6.07, 6.45) is 10.0. The van der Waals surface area contributed by atoms with Crippen molar-refractivity contribution in [2.45, 2.75) is 52.0 Å². The summed E-state index contributed by atoms with van der Waals surface area (Å²) < 4.78 is 0. The summed E-state index contributed by atoms with van der Waals surface area (Å²) >= 11 is 0. The van der Waals surface area contributed by atoms with E-state index in [1.807, 2.05) is 0 Å². The predicted molar refractivity (Wildman–Crippen MR) is 93.8 cm³/mol. The Bertz CT molecular complexity index is 654. The van der Waals surface area contributed by atoms with Gasteiger partial charge in [0.05, 0.1) is 11.2 Å². The molecule has 0 bridgehead atoms. The van der Waals surface area contributed by atoms with Crippen LogP contribution in [0, 0.1) is 0 Å². The molecule has 3 rings (SSSR count). The minimum atomic E-state index is 0.943. The van der Waals surface area contributed by atoms with Gasteiger partial charge in [0.15, 0.2) is 0 Å². The van der Waals surface area contributed by atoms with E-state index >= 15 is 0 Å². The van der Waals surface area contributed by atoms with Crippen molar-refractivity contribution in [3.8, 4) is 0 Å². The molecule has 3 nitrogen and oxygen atoms in total. The monoisotopic (exact) mass is 297 g/mol. The molecular formula is C19H27N3. The van der Waals surface area contributed by atoms with Gasteiger partial charge in [-0.25, -0.2) is 0 Å². The highest BCUT2D eigenvalue weighted by Crippen LogP contribution is 2.29. The fourth-order valence-electron chi connectivity index (χ4n) is 3.26. The topological polar surface area (TPSA) is 31.9 Å². The number of unbranched alkanes of at least 4 members (excludes halogenated alkanes) is 1. The van der Waals surface area contributed by atoms with Crippen LogP contribution in [-0.2, 0) is 6.54 Å². The van der Waals surface area contributed by atoms with Crippen molar-refractivity contribution >= 4 is 16.5 Å². The van der Waals surface area contributed by atoms with Gasteiger partial charge in [0, 0.05) is 11.9 Å². The number of aromatic nitrogens is 2. The van der Waals surface area contributed by atoms with E-state index in [1.54, 1.807) is 0 Å². The van der Waals surface area contributed by atoms with Crippen LogP contribution >= 0.6 is 0 Å². The van der Waals surface area contributed by atoms with Gasteiger partial charge in [-0.15, -0.1) is 0 Å². The van der Waals surface area contributed by atoms with Crippen LogP contribution in [-0.4, -0.2) is 28.7 Å². The van der Waals surface area contributed by atoms with Gasteiger partial charge in [0.1, 0.15) is 0 Å². The van der Waals surface area contributed by atoms with E-state index in [4.69, 9.17) is 0 Å². The first-order chi connectivity index (χ1) is 10.8. The van der Waals surface area contributed by atoms with E-state index in [0.29, 0.717) is 0 Å². The summed E-state index contributed by atoms with van der Waals surface area (Å²) in [6.45, 7) is 4.32. The molecule has 0 fully saturated rings. The maximum absolute atomic E-state index is 4.47. The second-order valence-corrected chi connectivity index (χ2v) is 6.50. The lowest BCUT2D eigenvalue weighted by molar-refractivity contribution is 0.318. The van der Waals surface area contributed by atoms with Crippen LogP contribution in [0.1, 0.15) is 56.7 Å². The number of nitrogens with zero attached hydrogens (tertiary/aromatic N) is 2. The molecule has 0 amide bonds. The lowest BCUT2D eigenvalue weighted by Crippen LogP contribution is -2.19. The zero-order valence-corrected chi connectivity index (χ0v) is 13.9. The summed E-state index contributed by atoms with van der Waals surface area (Å²) in [5.74, 6) is 0. The minimum Gasteiger partial charge on any atom is -0.301 e. The van der Waals surface area contributed by atoms with Crippen LogP contribution in [0.3, 0.4) is 0 Å². The molecule has 0 aliphatic heterocycles. The van der Waals surface area contributed by atoms with Crippen LogP contribution in [0.5, 0.6) is 0 Å². The third kappa shape index (κ3) is 3.41. The molecule has 1 N–H and O–H groups in total. The number of benzene rings is 1. The van der Waals surface area contributed by atoms with Crippen molar-refractivity contribution in [3.63, 3.8) is 0 Å². The van der Waals surface area contributed by atoms with Gasteiger partial charge >= 0.3 is 0 Å². The number of H-pyrrole nitrogens is 1. The summed E-state index contributed by atoms with van der Waals surface area (Å²) in [7, 11) is 2.19. The number of rotatable bonds is 6. The molecule has 22 heavy (non-hydrogen) atoms. The summed E-state index contributed by atoms with van der Waals surface area (Å²) in [5.41, 5.74) is 5.22. The smallest absolute Gasteiger partial charge is 0.0924 e. The van der Waals surface area contributed by atoms with Crippen molar-refractivity contribution in [3.05, 3.63) is 35.5 Å². The van der Waals surface area contributed by atoms with E-state index < -0.39 is 0 Å². The van der Waals surface area contributed by atoms with E-state index in [1.165, 1.54) is 60.7 Å². The number of allylic oxidation sites excluding steroid dienone is 2. The minimum absolute atomic E-state index is 0.943. The first-order valence-electron chi connectivity index (χ1n) is 8.63. The first kappa shape index (κ1) is 15.3. The lowest BCUT2D eigenvalue weighted by atomic mass is 9.93. The Hall–Kier alpha value is -1.61. The zero-order chi connectivity index (χ0) is 15.4. The average Bonchev–Trinajstić information content (AvgIpc) is 2.96. The number of fused-ring (bicyclic) bond motifs is 1. The molecule has 3 heteroatoms. The number of hydrogen-bond donors (Lipinski definition) is 1. The largest absolute Gasteiger partial charge is 0.301 e. The Kier molecular flexibility index (Phi) is 4.94. The third-order valence-electron chi connectivity index (χ3n) is 4.62. The molecule has 0 radical (unpaired) electrons. The molecule has 0 atom stereocenters. The quantitative estimate of drug-likeness (QED) is 0.834. The number of nitrogens with one attached hydrogen (secondary N) is 1. The predicted octanol–water partition coefficient (Wildman–Crippen LogP) is 4.75. The van der Waals surface area contributed by atoms with Crippen molar-refractivity contribution < 1.29 is 0 Å². The standard InChI is InChI=1S/C19H27N3/c1-3-4-12-22(2)14-19-17-13-16(10-11-18(17)20-21-19)15-8-6-5-7-9-15/h8,10-11,13H,3-7,9,12,14H2,1-2H3,(H,20,21). The second-order valence-electron chi connectivity index (χ2n) is 6.50. The van der Waals surface area contributed by atoms with Gasteiger partial charge in [-0.05, 0) is 69.0 Å². The summed E-state index contributed by atoms with van der Waals surface area (Å²) in [4.78, 5) is 2.38. The van der Waals surface area contributed by atoms with Gasteiger partial charge in [0.2, 0.25) is 0 Å². The van der Waals surface area contributed by atoms with E-state index in [-0.39, 0.29) is 0 Å². The van der Waals surface area contributed by atoms with Gasteiger partial charge in [-0.2, -0.15) is 5.10 Å². The Morgan fingerprint density at radius 3 is 2.95 bits per heavy atom. The molecule has 1 aromatic heterocycles. The van der Waals surface area contributed by atoms with Gasteiger partial charge < -0.3 is 4.90 Å². The maximum atomic E-state index is 4.47. The molecular weight excluding hydrogens is 270 g/mol. The van der Waals surface area contributed by atoms with Crippen LogP contribution < -0.4 is 0 Å². The highest BCUT2D eigenvalue weighted by atomic mass is 15.2. The van der Waals surface area contributed by atoms with Crippen molar-refractivity contribution in [2.24, 2.45) is 0 Å². The molecule has 0 spiro atoms. The van der Waals surface area contributed by atoms with Crippen LogP contribution in [0.15, 0.2) is 24.3 Å². The first-order valence-corrected chi connectivity index (χ1v) is 8.63. The Labute approximate surface area is 133 Å². The molecule has 1 heterocycles. The molecule has 1 aromatic carbocycles. The Balaban J connectivity index is 1.83. The van der Waals surface area contributed by atoms with Crippen molar-refractivity contribution in [1.29, 1.82) is 0 Å². The molecule has 0 unspecified atom stereocenters. The SMILES string of the molecule is CCCCN(C)Cc1[nH]nc2ccc(C3=CCCCC3)cc12. The average molecular weight is 297 g/mol. The Morgan fingerprint density at radius 1 is 1.27 bits per heavy atom. The fourth-order valence-corrected chi connectivity index (χ4v) is 3.26. The molecule has 1 aliphatic carbocycles. The molecule has 1 aliphatic rings. The van der Waals surface area contributed by atoms with E-state index in [0.717, 1.165) is 18.6 Å².